The number of carbonyl (C=O) groups excluding carboxylic acids is 1. The van der Waals surface area contributed by atoms with E-state index in [4.69, 9.17) is 0 Å². The number of fused-ring (bicyclic) bond motifs is 1. The van der Waals surface area contributed by atoms with Gasteiger partial charge in [0, 0.05) is 17.6 Å². The van der Waals surface area contributed by atoms with E-state index in [2.05, 4.69) is 103 Å². The summed E-state index contributed by atoms with van der Waals surface area (Å²) in [6, 6.07) is 46.1. The van der Waals surface area contributed by atoms with Crippen LogP contribution in [-0.4, -0.2) is 5.78 Å². The zero-order chi connectivity index (χ0) is 22.5. The van der Waals surface area contributed by atoms with Crippen molar-refractivity contribution in [2.75, 3.05) is 0 Å². The van der Waals surface area contributed by atoms with Crippen molar-refractivity contribution in [3.8, 4) is 0 Å². The van der Waals surface area contributed by atoms with Gasteiger partial charge in [-0.05, 0) is 40.9 Å². The fourth-order valence-corrected chi connectivity index (χ4v) is 7.20. The summed E-state index contributed by atoms with van der Waals surface area (Å²) in [7, 11) is -0.769. The largest absolute Gasteiger partial charge is 0.294 e. The Labute approximate surface area is 196 Å². The third-order valence-electron chi connectivity index (χ3n) is 6.01. The zero-order valence-corrected chi connectivity index (χ0v) is 19.2. The molecule has 2 heteroatoms. The van der Waals surface area contributed by atoms with Gasteiger partial charge in [-0.3, -0.25) is 4.79 Å². The lowest BCUT2D eigenvalue weighted by Gasteiger charge is -2.29. The summed E-state index contributed by atoms with van der Waals surface area (Å²) in [5.41, 5.74) is 2.08. The highest BCUT2D eigenvalue weighted by Gasteiger charge is 2.28. The van der Waals surface area contributed by atoms with E-state index >= 15 is 0 Å². The van der Waals surface area contributed by atoms with Crippen molar-refractivity contribution >= 4 is 35.1 Å². The molecule has 0 aromatic heterocycles. The van der Waals surface area contributed by atoms with E-state index in [1.165, 1.54) is 16.2 Å². The van der Waals surface area contributed by atoms with Gasteiger partial charge >= 0.3 is 0 Å². The number of benzene rings is 5. The van der Waals surface area contributed by atoms with Gasteiger partial charge in [0.2, 0.25) is 0 Å². The molecule has 1 nitrogen and oxygen atoms in total. The molecule has 160 valence electrons. The first-order valence-corrected chi connectivity index (χ1v) is 12.7. The van der Waals surface area contributed by atoms with E-state index in [0.717, 1.165) is 16.3 Å². The van der Waals surface area contributed by atoms with Gasteiger partial charge < -0.3 is 0 Å². The van der Waals surface area contributed by atoms with Crippen molar-refractivity contribution in [1.82, 2.24) is 0 Å². The summed E-state index contributed by atoms with van der Waals surface area (Å²) in [5.74, 6) is 0.189. The highest BCUT2D eigenvalue weighted by Crippen LogP contribution is 2.51. The molecule has 5 rings (SSSR count). The molecule has 0 bridgehead atoms. The molecule has 0 saturated heterocycles. The van der Waals surface area contributed by atoms with Crippen LogP contribution in [0.3, 0.4) is 0 Å². The molecule has 0 aliphatic rings. The minimum absolute atomic E-state index is 0.0879. The Bertz CT molecular complexity index is 1310. The van der Waals surface area contributed by atoms with Crippen LogP contribution in [0.1, 0.15) is 28.0 Å². The van der Waals surface area contributed by atoms with Crippen LogP contribution in [0.25, 0.3) is 10.8 Å². The first-order chi connectivity index (χ1) is 16.3. The van der Waals surface area contributed by atoms with Crippen molar-refractivity contribution in [1.29, 1.82) is 0 Å². The highest BCUT2D eigenvalue weighted by atomic mass is 31.1. The average Bonchev–Trinajstić information content (AvgIpc) is 2.89. The normalized spacial score (nSPS) is 12.0. The van der Waals surface area contributed by atoms with Gasteiger partial charge in [0.25, 0.3) is 0 Å². The predicted molar refractivity (Wildman–Crippen MR) is 141 cm³/mol. The standard InChI is InChI=1S/C31H25OP/c32-30(27-21-20-24-12-10-11-15-26(24)22-27)23-31(25-13-4-1-5-14-25)33(28-16-6-2-7-17-28)29-18-8-3-9-19-29/h1-22,31H,23H2/t31-/m0/s1. The topological polar surface area (TPSA) is 17.1 Å². The van der Waals surface area contributed by atoms with Crippen LogP contribution >= 0.6 is 7.92 Å². The molecule has 0 heterocycles. The minimum Gasteiger partial charge on any atom is -0.294 e. The summed E-state index contributed by atoms with van der Waals surface area (Å²) in [4.78, 5) is 13.6. The zero-order valence-electron chi connectivity index (χ0n) is 18.3. The first kappa shape index (κ1) is 21.3. The van der Waals surface area contributed by atoms with Crippen molar-refractivity contribution in [2.45, 2.75) is 12.1 Å². The molecule has 5 aromatic carbocycles. The van der Waals surface area contributed by atoms with Gasteiger partial charge in [0.1, 0.15) is 0 Å². The molecule has 0 saturated carbocycles. The molecule has 0 radical (unpaired) electrons. The van der Waals surface area contributed by atoms with Gasteiger partial charge in [0.05, 0.1) is 0 Å². The Morgan fingerprint density at radius 1 is 0.576 bits per heavy atom. The van der Waals surface area contributed by atoms with Gasteiger partial charge in [-0.1, -0.05) is 127 Å². The number of Topliss-reactive ketones (excluding diaryl/α,β-unsaturated/α-hetero) is 1. The van der Waals surface area contributed by atoms with E-state index in [0.29, 0.717) is 6.42 Å². The molecular formula is C31H25OP. The smallest absolute Gasteiger partial charge is 0.163 e. The maximum atomic E-state index is 13.6. The highest BCUT2D eigenvalue weighted by molar-refractivity contribution is 7.73. The Morgan fingerprint density at radius 2 is 1.09 bits per heavy atom. The van der Waals surface area contributed by atoms with Crippen LogP contribution in [0.2, 0.25) is 0 Å². The lowest BCUT2D eigenvalue weighted by molar-refractivity contribution is 0.0982. The van der Waals surface area contributed by atoms with Gasteiger partial charge in [0.15, 0.2) is 5.78 Å². The number of carbonyl (C=O) groups is 1. The lowest BCUT2D eigenvalue weighted by Crippen LogP contribution is -2.19. The molecule has 0 aliphatic heterocycles. The minimum atomic E-state index is -0.769. The van der Waals surface area contributed by atoms with Gasteiger partial charge in [-0.15, -0.1) is 0 Å². The fourth-order valence-electron chi connectivity index (χ4n) is 4.38. The molecule has 0 unspecified atom stereocenters. The van der Waals surface area contributed by atoms with Crippen molar-refractivity contribution < 1.29 is 4.79 Å². The fraction of sp³-hybridized carbons (Fsp3) is 0.0645. The van der Waals surface area contributed by atoms with Crippen LogP contribution < -0.4 is 10.6 Å². The average molecular weight is 445 g/mol. The lowest BCUT2D eigenvalue weighted by atomic mass is 9.99. The summed E-state index contributed by atoms with van der Waals surface area (Å²) in [5, 5.41) is 4.84. The monoisotopic (exact) mass is 444 g/mol. The van der Waals surface area contributed by atoms with Crippen molar-refractivity contribution in [3.05, 3.63) is 145 Å². The summed E-state index contributed by atoms with van der Waals surface area (Å²) < 4.78 is 0. The molecule has 0 amide bonds. The third kappa shape index (κ3) is 4.80. The van der Waals surface area contributed by atoms with Crippen LogP contribution in [0, 0.1) is 0 Å². The number of hydrogen-bond donors (Lipinski definition) is 0. The van der Waals surface area contributed by atoms with Crippen molar-refractivity contribution in [2.24, 2.45) is 0 Å². The second kappa shape index (κ2) is 9.94. The van der Waals surface area contributed by atoms with Crippen molar-refractivity contribution in [3.63, 3.8) is 0 Å². The Kier molecular flexibility index (Phi) is 6.42. The van der Waals surface area contributed by atoms with Crippen LogP contribution in [0.5, 0.6) is 0 Å². The SMILES string of the molecule is O=C(C[C@@H](c1ccccc1)P(c1ccccc1)c1ccccc1)c1ccc2ccccc2c1. The summed E-state index contributed by atoms with van der Waals surface area (Å²) in [6.07, 6.45) is 0.470. The molecule has 0 spiro atoms. The molecule has 33 heavy (non-hydrogen) atoms. The number of rotatable bonds is 7. The molecule has 1 atom stereocenters. The summed E-state index contributed by atoms with van der Waals surface area (Å²) >= 11 is 0. The molecule has 0 fully saturated rings. The van der Waals surface area contributed by atoms with E-state index in [1.807, 2.05) is 30.3 Å². The number of hydrogen-bond acceptors (Lipinski definition) is 1. The van der Waals surface area contributed by atoms with Crippen LogP contribution in [-0.2, 0) is 0 Å². The van der Waals surface area contributed by atoms with E-state index in [-0.39, 0.29) is 11.4 Å². The van der Waals surface area contributed by atoms with E-state index in [9.17, 15) is 4.79 Å². The first-order valence-electron chi connectivity index (χ1n) is 11.3. The molecule has 0 aliphatic carbocycles. The maximum absolute atomic E-state index is 13.6. The molecule has 5 aromatic rings. The van der Waals surface area contributed by atoms with E-state index < -0.39 is 7.92 Å². The quantitative estimate of drug-likeness (QED) is 0.190. The maximum Gasteiger partial charge on any atom is 0.163 e. The Morgan fingerprint density at radius 3 is 1.70 bits per heavy atom. The number of ketones is 1. The van der Waals surface area contributed by atoms with Crippen LogP contribution in [0.15, 0.2) is 133 Å². The van der Waals surface area contributed by atoms with E-state index in [1.54, 1.807) is 0 Å². The predicted octanol–water partition coefficient (Wildman–Crippen LogP) is 7.29. The van der Waals surface area contributed by atoms with Gasteiger partial charge in [-0.2, -0.15) is 0 Å². The third-order valence-corrected chi connectivity index (χ3v) is 8.83. The summed E-state index contributed by atoms with van der Waals surface area (Å²) in [6.45, 7) is 0. The molecular weight excluding hydrogens is 419 g/mol. The van der Waals surface area contributed by atoms with Crippen LogP contribution in [0.4, 0.5) is 0 Å². The second-order valence-electron chi connectivity index (χ2n) is 8.16. The Hall–Kier alpha value is -3.54. The van der Waals surface area contributed by atoms with Gasteiger partial charge in [-0.25, -0.2) is 0 Å². The second-order valence-corrected chi connectivity index (χ2v) is 10.6. The molecule has 0 N–H and O–H groups in total. The Balaban J connectivity index is 1.58.